The average Bonchev–Trinajstić information content (AvgIpc) is 2.84. The van der Waals surface area contributed by atoms with Crippen LogP contribution in [-0.4, -0.2) is 43.9 Å². The molecule has 0 radical (unpaired) electrons. The van der Waals surface area contributed by atoms with Gasteiger partial charge in [-0.05, 0) is 56.9 Å². The third-order valence-electron chi connectivity index (χ3n) is 6.34. The van der Waals surface area contributed by atoms with Gasteiger partial charge in [-0.25, -0.2) is 14.3 Å². The van der Waals surface area contributed by atoms with Crippen molar-refractivity contribution in [1.29, 1.82) is 0 Å². The molecule has 0 unspecified atom stereocenters. The van der Waals surface area contributed by atoms with Gasteiger partial charge in [-0.3, -0.25) is 19.0 Å². The molecule has 1 atom stereocenters. The first-order valence-corrected chi connectivity index (χ1v) is 12.1. The van der Waals surface area contributed by atoms with Crippen molar-refractivity contribution in [3.63, 3.8) is 0 Å². The normalized spacial score (nSPS) is 14.7. The number of piperidine rings is 1. The molecule has 9 nitrogen and oxygen atoms in total. The number of hydrogen-bond acceptors (Lipinski definition) is 5. The molecule has 0 bridgehead atoms. The predicted octanol–water partition coefficient (Wildman–Crippen LogP) is 3.27. The molecule has 1 N–H and O–H groups in total. The quantitative estimate of drug-likeness (QED) is 0.582. The van der Waals surface area contributed by atoms with E-state index in [-0.39, 0.29) is 28.9 Å². The van der Waals surface area contributed by atoms with Gasteiger partial charge in [0.2, 0.25) is 5.91 Å². The van der Waals surface area contributed by atoms with Crippen LogP contribution in [0.15, 0.2) is 39.9 Å². The minimum absolute atomic E-state index is 0.0438. The summed E-state index contributed by atoms with van der Waals surface area (Å²) in [7, 11) is 1.49. The van der Waals surface area contributed by atoms with Crippen molar-refractivity contribution in [2.75, 3.05) is 18.4 Å². The van der Waals surface area contributed by atoms with Crippen LogP contribution in [0.1, 0.15) is 54.7 Å². The van der Waals surface area contributed by atoms with Crippen LogP contribution in [0, 0.1) is 6.92 Å². The first kappa shape index (κ1) is 24.7. The Kier molecular flexibility index (Phi) is 7.07. The smallest absolute Gasteiger partial charge is 0.333 e. The highest BCUT2D eigenvalue weighted by Crippen LogP contribution is 2.21. The van der Waals surface area contributed by atoms with Gasteiger partial charge < -0.3 is 10.2 Å². The molecule has 2 aromatic heterocycles. The molecule has 1 aromatic carbocycles. The number of aryl methyl sites for hydroxylation is 2. The first-order valence-electron chi connectivity index (χ1n) is 11.7. The maximum atomic E-state index is 13.8. The lowest BCUT2D eigenvalue weighted by atomic mass is 10.1. The fraction of sp³-hybridized carbons (Fsp3) is 0.400. The summed E-state index contributed by atoms with van der Waals surface area (Å²) in [6.45, 7) is 4.66. The minimum Gasteiger partial charge on any atom is -0.339 e. The summed E-state index contributed by atoms with van der Waals surface area (Å²) in [5, 5.41) is 3.22. The van der Waals surface area contributed by atoms with Crippen LogP contribution in [-0.2, 0) is 11.8 Å². The van der Waals surface area contributed by atoms with Gasteiger partial charge >= 0.3 is 5.69 Å². The van der Waals surface area contributed by atoms with E-state index in [2.05, 4.69) is 10.3 Å². The van der Waals surface area contributed by atoms with Crippen molar-refractivity contribution < 1.29 is 9.59 Å². The summed E-state index contributed by atoms with van der Waals surface area (Å²) in [5.74, 6) is -0.795. The maximum Gasteiger partial charge on any atom is 0.333 e. The summed E-state index contributed by atoms with van der Waals surface area (Å²) in [6, 6.07) is 7.10. The van der Waals surface area contributed by atoms with Gasteiger partial charge in [0.1, 0.15) is 11.7 Å². The predicted molar refractivity (Wildman–Crippen MR) is 135 cm³/mol. The molecule has 1 aliphatic heterocycles. The molecular formula is C25H28ClN5O4. The Balaban J connectivity index is 1.87. The molecular weight excluding hydrogens is 470 g/mol. The molecule has 2 amide bonds. The summed E-state index contributed by atoms with van der Waals surface area (Å²) in [4.78, 5) is 59.8. The van der Waals surface area contributed by atoms with E-state index in [1.807, 2.05) is 0 Å². The Morgan fingerprint density at radius 1 is 1.14 bits per heavy atom. The summed E-state index contributed by atoms with van der Waals surface area (Å²) < 4.78 is 2.15. The van der Waals surface area contributed by atoms with E-state index >= 15 is 0 Å². The molecule has 35 heavy (non-hydrogen) atoms. The Bertz CT molecular complexity index is 1420. The highest BCUT2D eigenvalue weighted by Gasteiger charge is 2.29. The van der Waals surface area contributed by atoms with Crippen LogP contribution in [0.2, 0.25) is 5.02 Å². The van der Waals surface area contributed by atoms with Gasteiger partial charge in [-0.15, -0.1) is 0 Å². The summed E-state index contributed by atoms with van der Waals surface area (Å²) in [6.07, 6.45) is 3.04. The Morgan fingerprint density at radius 2 is 1.86 bits per heavy atom. The Labute approximate surface area is 207 Å². The topological polar surface area (TPSA) is 106 Å². The largest absolute Gasteiger partial charge is 0.339 e. The van der Waals surface area contributed by atoms with E-state index in [1.165, 1.54) is 11.6 Å². The number of carbonyl (C=O) groups excluding carboxylic acids is 2. The fourth-order valence-electron chi connectivity index (χ4n) is 4.56. The molecule has 4 rings (SSSR count). The van der Waals surface area contributed by atoms with Crippen LogP contribution in [0.4, 0.5) is 5.69 Å². The number of amides is 2. The number of fused-ring (bicyclic) bond motifs is 1. The Morgan fingerprint density at radius 3 is 2.51 bits per heavy atom. The molecule has 3 aromatic rings. The average molecular weight is 498 g/mol. The zero-order chi connectivity index (χ0) is 25.3. The number of hydrogen-bond donors (Lipinski definition) is 1. The van der Waals surface area contributed by atoms with Gasteiger partial charge in [0.25, 0.3) is 11.5 Å². The molecule has 0 aliphatic carbocycles. The number of carbonyl (C=O) groups is 2. The molecule has 0 saturated carbocycles. The van der Waals surface area contributed by atoms with E-state index in [0.29, 0.717) is 29.5 Å². The number of rotatable bonds is 5. The highest BCUT2D eigenvalue weighted by atomic mass is 35.5. The van der Waals surface area contributed by atoms with E-state index in [1.54, 1.807) is 49.1 Å². The van der Waals surface area contributed by atoms with Gasteiger partial charge in [0.05, 0.1) is 10.9 Å². The SMILES string of the molecule is CC[C@@H](C(=O)Nc1cccc(Cl)c1)n1c(=O)c2c(C(=O)N3CCCCC3)cc(C)nc2n(C)c1=O. The van der Waals surface area contributed by atoms with E-state index in [0.717, 1.165) is 23.8 Å². The zero-order valence-corrected chi connectivity index (χ0v) is 20.8. The van der Waals surface area contributed by atoms with E-state index in [9.17, 15) is 19.2 Å². The van der Waals surface area contributed by atoms with Crippen molar-refractivity contribution in [3.8, 4) is 0 Å². The van der Waals surface area contributed by atoms with Crippen LogP contribution >= 0.6 is 11.6 Å². The lowest BCUT2D eigenvalue weighted by Crippen LogP contribution is -2.46. The number of anilines is 1. The van der Waals surface area contributed by atoms with Crippen molar-refractivity contribution in [2.24, 2.45) is 7.05 Å². The fourth-order valence-corrected chi connectivity index (χ4v) is 4.75. The molecule has 1 fully saturated rings. The van der Waals surface area contributed by atoms with Crippen LogP contribution in [0.3, 0.4) is 0 Å². The second-order valence-electron chi connectivity index (χ2n) is 8.80. The van der Waals surface area contributed by atoms with E-state index in [4.69, 9.17) is 11.6 Å². The molecule has 10 heteroatoms. The van der Waals surface area contributed by atoms with Crippen molar-refractivity contribution in [3.05, 3.63) is 67.4 Å². The van der Waals surface area contributed by atoms with Crippen LogP contribution in [0.5, 0.6) is 0 Å². The van der Waals surface area contributed by atoms with Crippen LogP contribution < -0.4 is 16.6 Å². The second-order valence-corrected chi connectivity index (χ2v) is 9.24. The molecule has 1 aliphatic rings. The first-order chi connectivity index (χ1) is 16.7. The number of halogens is 1. The highest BCUT2D eigenvalue weighted by molar-refractivity contribution is 6.30. The van der Waals surface area contributed by atoms with Crippen molar-refractivity contribution >= 4 is 40.1 Å². The number of benzene rings is 1. The van der Waals surface area contributed by atoms with Gasteiger partial charge in [-0.2, -0.15) is 0 Å². The third-order valence-corrected chi connectivity index (χ3v) is 6.57. The number of aromatic nitrogens is 3. The lowest BCUT2D eigenvalue weighted by Gasteiger charge is -2.27. The third kappa shape index (κ3) is 4.73. The van der Waals surface area contributed by atoms with Gasteiger partial charge in [0.15, 0.2) is 0 Å². The number of nitrogens with one attached hydrogen (secondary N) is 1. The van der Waals surface area contributed by atoms with Crippen molar-refractivity contribution in [1.82, 2.24) is 19.0 Å². The summed E-state index contributed by atoms with van der Waals surface area (Å²) in [5.41, 5.74) is -0.0784. The lowest BCUT2D eigenvalue weighted by molar-refractivity contribution is -0.119. The minimum atomic E-state index is -1.09. The zero-order valence-electron chi connectivity index (χ0n) is 20.0. The van der Waals surface area contributed by atoms with Gasteiger partial charge in [0, 0.05) is 36.5 Å². The maximum absolute atomic E-state index is 13.8. The summed E-state index contributed by atoms with van der Waals surface area (Å²) >= 11 is 6.02. The van der Waals surface area contributed by atoms with Gasteiger partial charge in [-0.1, -0.05) is 24.6 Å². The molecule has 184 valence electrons. The number of nitrogens with zero attached hydrogens (tertiary/aromatic N) is 4. The monoisotopic (exact) mass is 497 g/mol. The van der Waals surface area contributed by atoms with E-state index < -0.39 is 23.2 Å². The molecule has 3 heterocycles. The van der Waals surface area contributed by atoms with Crippen LogP contribution in [0.25, 0.3) is 11.0 Å². The second kappa shape index (κ2) is 10.0. The number of pyridine rings is 1. The molecule has 0 spiro atoms. The standard InChI is InChI=1S/C25H28ClN5O4/c1-4-19(22(32)28-17-10-8-9-16(26)14-17)31-24(34)20-18(23(33)30-11-6-5-7-12-30)13-15(2)27-21(20)29(3)25(31)35/h8-10,13-14,19H,4-7,11-12H2,1-3H3,(H,28,32)/t19-/m0/s1. The van der Waals surface area contributed by atoms with Crippen molar-refractivity contribution in [2.45, 2.75) is 45.6 Å². The molecule has 1 saturated heterocycles. The number of likely N-dealkylation sites (tertiary alicyclic amines) is 1. The Hall–Kier alpha value is -3.46.